The third-order valence-corrected chi connectivity index (χ3v) is 8.28. The number of carbonyl (C=O) groups excluding carboxylic acids is 1. The van der Waals surface area contributed by atoms with Gasteiger partial charge in [0.05, 0.1) is 6.10 Å². The molecule has 1 atom stereocenters. The molecular weight excluding hydrogens is 412 g/mol. The highest BCUT2D eigenvalue weighted by Gasteiger charge is 2.40. The van der Waals surface area contributed by atoms with E-state index in [-0.39, 0.29) is 12.1 Å². The SMILES string of the molecule is CC1CN(c2ccc(OC3CCCC3)cc2)C(=O)N1C1CCC(NCCN2CCCC2)CC1. The van der Waals surface area contributed by atoms with Crippen LogP contribution in [0.2, 0.25) is 0 Å². The van der Waals surface area contributed by atoms with E-state index in [0.717, 1.165) is 50.2 Å². The fourth-order valence-electron chi connectivity index (χ4n) is 6.38. The standard InChI is InChI=1S/C27H42N4O2/c1-21-20-30(23-12-14-26(15-13-23)33-25-6-2-3-7-25)27(32)31(21)24-10-8-22(9-11-24)28-16-19-29-17-4-5-18-29/h12-15,21-22,24-25,28H,2-11,16-20H2,1H3. The second-order valence-electron chi connectivity index (χ2n) is 10.7. The van der Waals surface area contributed by atoms with Crippen molar-refractivity contribution in [1.29, 1.82) is 0 Å². The summed E-state index contributed by atoms with van der Waals surface area (Å²) >= 11 is 0. The fourth-order valence-corrected chi connectivity index (χ4v) is 6.38. The van der Waals surface area contributed by atoms with Crippen LogP contribution in [0.4, 0.5) is 10.5 Å². The molecule has 1 unspecified atom stereocenters. The Morgan fingerprint density at radius 3 is 2.33 bits per heavy atom. The number of hydrogen-bond acceptors (Lipinski definition) is 4. The van der Waals surface area contributed by atoms with Crippen molar-refractivity contribution in [3.63, 3.8) is 0 Å². The van der Waals surface area contributed by atoms with Gasteiger partial charge < -0.3 is 19.9 Å². The number of anilines is 1. The highest BCUT2D eigenvalue weighted by Crippen LogP contribution is 2.33. The van der Waals surface area contributed by atoms with Gasteiger partial charge in [0.1, 0.15) is 5.75 Å². The highest BCUT2D eigenvalue weighted by atomic mass is 16.5. The van der Waals surface area contributed by atoms with E-state index in [1.807, 2.05) is 17.0 Å². The molecule has 6 nitrogen and oxygen atoms in total. The summed E-state index contributed by atoms with van der Waals surface area (Å²) in [6.45, 7) is 7.81. The average Bonchev–Trinajstić information content (AvgIpc) is 3.58. The first-order valence-corrected chi connectivity index (χ1v) is 13.5. The molecule has 2 amide bonds. The first-order chi connectivity index (χ1) is 16.2. The first kappa shape index (κ1) is 23.0. The molecule has 6 heteroatoms. The van der Waals surface area contributed by atoms with Crippen LogP contribution in [0.15, 0.2) is 24.3 Å². The molecule has 182 valence electrons. The van der Waals surface area contributed by atoms with Crippen molar-refractivity contribution in [1.82, 2.24) is 15.1 Å². The maximum absolute atomic E-state index is 13.4. The summed E-state index contributed by atoms with van der Waals surface area (Å²) in [4.78, 5) is 20.1. The topological polar surface area (TPSA) is 48.1 Å². The minimum atomic E-state index is 0.178. The van der Waals surface area contributed by atoms with Crippen LogP contribution in [0.5, 0.6) is 5.75 Å². The van der Waals surface area contributed by atoms with Gasteiger partial charge in [-0.3, -0.25) is 4.90 Å². The van der Waals surface area contributed by atoms with E-state index in [2.05, 4.69) is 34.2 Å². The van der Waals surface area contributed by atoms with Crippen molar-refractivity contribution in [2.45, 2.75) is 95.4 Å². The monoisotopic (exact) mass is 454 g/mol. The van der Waals surface area contributed by atoms with Gasteiger partial charge in [-0.25, -0.2) is 4.79 Å². The number of ether oxygens (including phenoxy) is 1. The van der Waals surface area contributed by atoms with Crippen molar-refractivity contribution < 1.29 is 9.53 Å². The molecule has 0 aromatic heterocycles. The van der Waals surface area contributed by atoms with Crippen LogP contribution in [-0.4, -0.2) is 72.8 Å². The quantitative estimate of drug-likeness (QED) is 0.622. The van der Waals surface area contributed by atoms with Gasteiger partial charge >= 0.3 is 6.03 Å². The summed E-state index contributed by atoms with van der Waals surface area (Å²) < 4.78 is 6.10. The van der Waals surface area contributed by atoms with Crippen molar-refractivity contribution in [2.24, 2.45) is 0 Å². The zero-order valence-corrected chi connectivity index (χ0v) is 20.4. The molecule has 2 saturated heterocycles. The first-order valence-electron chi connectivity index (χ1n) is 13.5. The lowest BCUT2D eigenvalue weighted by Crippen LogP contribution is -2.47. The van der Waals surface area contributed by atoms with Crippen molar-refractivity contribution in [3.05, 3.63) is 24.3 Å². The predicted molar refractivity (Wildman–Crippen MR) is 133 cm³/mol. The molecule has 2 saturated carbocycles. The Balaban J connectivity index is 1.10. The van der Waals surface area contributed by atoms with Gasteiger partial charge in [-0.05, 0) is 108 Å². The fraction of sp³-hybridized carbons (Fsp3) is 0.741. The number of benzene rings is 1. The van der Waals surface area contributed by atoms with Crippen LogP contribution in [0.3, 0.4) is 0 Å². The van der Waals surface area contributed by atoms with E-state index in [1.54, 1.807) is 0 Å². The Hall–Kier alpha value is -1.79. The molecular formula is C27H42N4O2. The molecule has 4 aliphatic rings. The van der Waals surface area contributed by atoms with Crippen LogP contribution >= 0.6 is 0 Å². The number of rotatable bonds is 8. The van der Waals surface area contributed by atoms with Gasteiger partial charge in [0.25, 0.3) is 0 Å². The van der Waals surface area contributed by atoms with Gasteiger partial charge in [-0.2, -0.15) is 0 Å². The van der Waals surface area contributed by atoms with Crippen LogP contribution in [0.25, 0.3) is 0 Å². The summed E-state index contributed by atoms with van der Waals surface area (Å²) in [6.07, 6.45) is 12.5. The second kappa shape index (κ2) is 10.6. The number of likely N-dealkylation sites (tertiary alicyclic amines) is 1. The van der Waals surface area contributed by atoms with Gasteiger partial charge in [-0.1, -0.05) is 0 Å². The smallest absolute Gasteiger partial charge is 0.325 e. The van der Waals surface area contributed by atoms with Gasteiger partial charge in [0.2, 0.25) is 0 Å². The molecule has 5 rings (SSSR count). The second-order valence-corrected chi connectivity index (χ2v) is 10.7. The maximum Gasteiger partial charge on any atom is 0.325 e. The Morgan fingerprint density at radius 2 is 1.64 bits per heavy atom. The zero-order valence-electron chi connectivity index (χ0n) is 20.4. The largest absolute Gasteiger partial charge is 0.490 e. The van der Waals surface area contributed by atoms with Crippen LogP contribution < -0.4 is 15.0 Å². The molecule has 1 aromatic rings. The molecule has 1 N–H and O–H groups in total. The Labute approximate surface area is 199 Å². The Bertz CT molecular complexity index is 765. The van der Waals surface area contributed by atoms with Crippen LogP contribution in [0, 0.1) is 0 Å². The summed E-state index contributed by atoms with van der Waals surface area (Å²) in [6, 6.07) is 9.60. The molecule has 2 aliphatic heterocycles. The van der Waals surface area contributed by atoms with Crippen LogP contribution in [0.1, 0.15) is 71.1 Å². The van der Waals surface area contributed by atoms with E-state index in [1.165, 1.54) is 58.2 Å². The zero-order chi connectivity index (χ0) is 22.6. The van der Waals surface area contributed by atoms with Crippen molar-refractivity contribution in [3.8, 4) is 5.75 Å². The number of carbonyl (C=O) groups is 1. The summed E-state index contributed by atoms with van der Waals surface area (Å²) in [5.41, 5.74) is 0.991. The molecule has 4 fully saturated rings. The maximum atomic E-state index is 13.4. The lowest BCUT2D eigenvalue weighted by molar-refractivity contribution is 0.149. The van der Waals surface area contributed by atoms with E-state index < -0.39 is 0 Å². The number of nitrogens with one attached hydrogen (secondary N) is 1. The molecule has 2 heterocycles. The molecule has 1 aromatic carbocycles. The average molecular weight is 455 g/mol. The van der Waals surface area contributed by atoms with E-state index >= 15 is 0 Å². The normalized spacial score (nSPS) is 29.4. The number of amides is 2. The number of urea groups is 1. The van der Waals surface area contributed by atoms with E-state index in [4.69, 9.17) is 4.74 Å². The number of nitrogens with zero attached hydrogens (tertiary/aromatic N) is 3. The third kappa shape index (κ3) is 5.48. The predicted octanol–water partition coefficient (Wildman–Crippen LogP) is 4.64. The minimum Gasteiger partial charge on any atom is -0.490 e. The molecule has 2 aliphatic carbocycles. The number of hydrogen-bond donors (Lipinski definition) is 1. The van der Waals surface area contributed by atoms with Gasteiger partial charge in [0, 0.05) is 43.4 Å². The molecule has 0 spiro atoms. The van der Waals surface area contributed by atoms with E-state index in [0.29, 0.717) is 18.2 Å². The van der Waals surface area contributed by atoms with E-state index in [9.17, 15) is 4.79 Å². The van der Waals surface area contributed by atoms with Gasteiger partial charge in [0.15, 0.2) is 0 Å². The van der Waals surface area contributed by atoms with Crippen LogP contribution in [-0.2, 0) is 0 Å². The summed E-state index contributed by atoms with van der Waals surface area (Å²) in [5.74, 6) is 0.928. The molecule has 0 bridgehead atoms. The third-order valence-electron chi connectivity index (χ3n) is 8.28. The van der Waals surface area contributed by atoms with Crippen molar-refractivity contribution in [2.75, 3.05) is 37.6 Å². The Kier molecular flexibility index (Phi) is 7.41. The molecule has 33 heavy (non-hydrogen) atoms. The highest BCUT2D eigenvalue weighted by molar-refractivity contribution is 5.94. The summed E-state index contributed by atoms with van der Waals surface area (Å²) in [5, 5.41) is 3.78. The van der Waals surface area contributed by atoms with Gasteiger partial charge in [-0.15, -0.1) is 0 Å². The molecule has 0 radical (unpaired) electrons. The lowest BCUT2D eigenvalue weighted by Gasteiger charge is -2.36. The lowest BCUT2D eigenvalue weighted by atomic mass is 9.90. The Morgan fingerprint density at radius 1 is 0.939 bits per heavy atom. The van der Waals surface area contributed by atoms with Crippen molar-refractivity contribution >= 4 is 11.7 Å². The summed E-state index contributed by atoms with van der Waals surface area (Å²) in [7, 11) is 0. The minimum absolute atomic E-state index is 0.178.